The Bertz CT molecular complexity index is 543. The largest absolute Gasteiger partial charge is 0.384 e. The highest BCUT2D eigenvalue weighted by Gasteiger charge is 2.27. The summed E-state index contributed by atoms with van der Waals surface area (Å²) in [6.45, 7) is 2.76. The molecule has 112 valence electrons. The number of hydrogen-bond acceptors (Lipinski definition) is 3. The summed E-state index contributed by atoms with van der Waals surface area (Å²) >= 11 is 0. The minimum absolute atomic E-state index is 0.0396. The maximum Gasteiger partial charge on any atom is 0.255 e. The van der Waals surface area contributed by atoms with E-state index in [-0.39, 0.29) is 12.5 Å². The molecule has 1 amide bonds. The first-order valence-corrected chi connectivity index (χ1v) is 7.62. The molecule has 1 unspecified atom stereocenters. The van der Waals surface area contributed by atoms with E-state index in [1.165, 1.54) is 6.42 Å². The molecule has 1 aromatic rings. The Morgan fingerprint density at radius 1 is 1.52 bits per heavy atom. The molecular weight excluding hydrogens is 264 g/mol. The topological polar surface area (TPSA) is 53.4 Å². The molecule has 1 aliphatic rings. The van der Waals surface area contributed by atoms with E-state index in [4.69, 9.17) is 5.11 Å². The first-order valence-electron chi connectivity index (χ1n) is 7.62. The predicted molar refractivity (Wildman–Crippen MR) is 81.8 cm³/mol. The molecule has 2 rings (SSSR count). The van der Waals surface area contributed by atoms with Crippen molar-refractivity contribution in [3.63, 3.8) is 0 Å². The monoisotopic (exact) mass is 286 g/mol. The quantitative estimate of drug-likeness (QED) is 0.867. The zero-order valence-corrected chi connectivity index (χ0v) is 12.5. The van der Waals surface area contributed by atoms with Crippen LogP contribution in [0.15, 0.2) is 18.5 Å². The van der Waals surface area contributed by atoms with E-state index in [9.17, 15) is 4.79 Å². The van der Waals surface area contributed by atoms with E-state index >= 15 is 0 Å². The molecule has 1 saturated heterocycles. The van der Waals surface area contributed by atoms with Crippen molar-refractivity contribution in [1.82, 2.24) is 9.88 Å². The fraction of sp³-hybridized carbons (Fsp3) is 0.529. The van der Waals surface area contributed by atoms with E-state index in [0.29, 0.717) is 17.2 Å². The Balaban J connectivity index is 2.26. The van der Waals surface area contributed by atoms with Gasteiger partial charge in [-0.15, -0.1) is 0 Å². The average Bonchev–Trinajstić information content (AvgIpc) is 2.53. The number of piperidine rings is 1. The lowest BCUT2D eigenvalue weighted by atomic mass is 9.96. The molecule has 21 heavy (non-hydrogen) atoms. The van der Waals surface area contributed by atoms with Crippen LogP contribution in [0, 0.1) is 11.8 Å². The second kappa shape index (κ2) is 7.80. The Labute approximate surface area is 126 Å². The van der Waals surface area contributed by atoms with E-state index in [1.54, 1.807) is 18.5 Å². The minimum atomic E-state index is -0.218. The van der Waals surface area contributed by atoms with E-state index in [2.05, 4.69) is 23.7 Å². The van der Waals surface area contributed by atoms with Crippen LogP contribution >= 0.6 is 0 Å². The van der Waals surface area contributed by atoms with Crippen molar-refractivity contribution < 1.29 is 9.90 Å². The van der Waals surface area contributed by atoms with Crippen LogP contribution in [0.2, 0.25) is 0 Å². The normalized spacial score (nSPS) is 18.0. The Morgan fingerprint density at radius 2 is 2.38 bits per heavy atom. The Kier molecular flexibility index (Phi) is 5.77. The summed E-state index contributed by atoms with van der Waals surface area (Å²) in [5, 5.41) is 8.83. The highest BCUT2D eigenvalue weighted by atomic mass is 16.2. The number of nitrogens with zero attached hydrogens (tertiary/aromatic N) is 2. The van der Waals surface area contributed by atoms with Crippen molar-refractivity contribution in [3.8, 4) is 11.8 Å². The van der Waals surface area contributed by atoms with Crippen molar-refractivity contribution in [2.45, 2.75) is 45.1 Å². The van der Waals surface area contributed by atoms with E-state index in [0.717, 1.165) is 32.2 Å². The standard InChI is InChI=1S/C17H22N2O2/c1-2-6-15-8-3-4-11-19(15)17(21)16-9-10-18-13-14(16)7-5-12-20/h9-10,13,15,20H,2-4,6,8,11-12H2,1H3. The lowest BCUT2D eigenvalue weighted by Crippen LogP contribution is -2.43. The van der Waals surface area contributed by atoms with Crippen LogP contribution in [0.3, 0.4) is 0 Å². The number of likely N-dealkylation sites (tertiary alicyclic amines) is 1. The molecule has 0 spiro atoms. The van der Waals surface area contributed by atoms with E-state index < -0.39 is 0 Å². The summed E-state index contributed by atoms with van der Waals surface area (Å²) in [5.74, 6) is 5.45. The average molecular weight is 286 g/mol. The number of carbonyl (C=O) groups excluding carboxylic acids is 1. The van der Waals surface area contributed by atoms with Crippen LogP contribution in [0.5, 0.6) is 0 Å². The van der Waals surface area contributed by atoms with E-state index in [1.807, 2.05) is 4.90 Å². The minimum Gasteiger partial charge on any atom is -0.384 e. The van der Waals surface area contributed by atoms with Crippen LogP contribution in [-0.2, 0) is 0 Å². The molecule has 1 fully saturated rings. The smallest absolute Gasteiger partial charge is 0.255 e. The fourth-order valence-corrected chi connectivity index (χ4v) is 2.87. The molecule has 1 aliphatic heterocycles. The third-order valence-electron chi connectivity index (χ3n) is 3.86. The predicted octanol–water partition coefficient (Wildman–Crippen LogP) is 2.22. The van der Waals surface area contributed by atoms with Crippen LogP contribution in [0.25, 0.3) is 0 Å². The lowest BCUT2D eigenvalue weighted by Gasteiger charge is -2.36. The van der Waals surface area contributed by atoms with Gasteiger partial charge in [-0.25, -0.2) is 0 Å². The number of pyridine rings is 1. The van der Waals surface area contributed by atoms with Crippen LogP contribution in [-0.4, -0.2) is 40.1 Å². The summed E-state index contributed by atoms with van der Waals surface area (Å²) in [4.78, 5) is 18.9. The molecule has 0 saturated carbocycles. The number of aliphatic hydroxyl groups excluding tert-OH is 1. The van der Waals surface area contributed by atoms with Gasteiger partial charge < -0.3 is 10.0 Å². The van der Waals surface area contributed by atoms with Crippen LogP contribution in [0.4, 0.5) is 0 Å². The number of aliphatic hydroxyl groups is 1. The number of aromatic nitrogens is 1. The molecule has 1 atom stereocenters. The molecule has 0 aliphatic carbocycles. The molecule has 1 aromatic heterocycles. The van der Waals surface area contributed by atoms with Gasteiger partial charge in [-0.2, -0.15) is 0 Å². The second-order valence-electron chi connectivity index (χ2n) is 5.32. The van der Waals surface area contributed by atoms with Crippen molar-refractivity contribution in [2.75, 3.05) is 13.2 Å². The highest BCUT2D eigenvalue weighted by molar-refractivity contribution is 5.96. The second-order valence-corrected chi connectivity index (χ2v) is 5.32. The maximum absolute atomic E-state index is 12.8. The number of carbonyl (C=O) groups is 1. The fourth-order valence-electron chi connectivity index (χ4n) is 2.87. The maximum atomic E-state index is 12.8. The zero-order valence-electron chi connectivity index (χ0n) is 12.5. The van der Waals surface area contributed by atoms with Gasteiger partial charge in [-0.3, -0.25) is 9.78 Å². The third kappa shape index (κ3) is 3.83. The van der Waals surface area contributed by atoms with Gasteiger partial charge in [-0.05, 0) is 31.7 Å². The van der Waals surface area contributed by atoms with Crippen LogP contribution < -0.4 is 0 Å². The number of rotatable bonds is 3. The zero-order chi connectivity index (χ0) is 15.1. The summed E-state index contributed by atoms with van der Waals surface area (Å²) in [5.41, 5.74) is 1.19. The van der Waals surface area contributed by atoms with Gasteiger partial charge in [0.05, 0.1) is 11.1 Å². The van der Waals surface area contributed by atoms with Gasteiger partial charge >= 0.3 is 0 Å². The van der Waals surface area contributed by atoms with Crippen molar-refractivity contribution >= 4 is 5.91 Å². The molecule has 0 radical (unpaired) electrons. The highest BCUT2D eigenvalue weighted by Crippen LogP contribution is 2.23. The summed E-state index contributed by atoms with van der Waals surface area (Å²) in [6, 6.07) is 2.06. The van der Waals surface area contributed by atoms with Gasteiger partial charge in [-0.1, -0.05) is 25.2 Å². The Morgan fingerprint density at radius 3 is 3.14 bits per heavy atom. The molecule has 4 heteroatoms. The van der Waals surface area contributed by atoms with Crippen molar-refractivity contribution in [1.29, 1.82) is 0 Å². The van der Waals surface area contributed by atoms with Crippen molar-refractivity contribution in [2.24, 2.45) is 0 Å². The number of amides is 1. The van der Waals surface area contributed by atoms with Gasteiger partial charge in [0.2, 0.25) is 0 Å². The molecule has 4 nitrogen and oxygen atoms in total. The van der Waals surface area contributed by atoms with Gasteiger partial charge in [0.1, 0.15) is 6.61 Å². The van der Waals surface area contributed by atoms with Gasteiger partial charge in [0, 0.05) is 25.0 Å². The lowest BCUT2D eigenvalue weighted by molar-refractivity contribution is 0.0600. The van der Waals surface area contributed by atoms with Crippen molar-refractivity contribution in [3.05, 3.63) is 29.6 Å². The summed E-state index contributed by atoms with van der Waals surface area (Å²) in [7, 11) is 0. The molecular formula is C17H22N2O2. The summed E-state index contributed by atoms with van der Waals surface area (Å²) in [6.07, 6.45) is 8.69. The first kappa shape index (κ1) is 15.5. The third-order valence-corrected chi connectivity index (χ3v) is 3.86. The molecule has 0 aromatic carbocycles. The molecule has 1 N–H and O–H groups in total. The Hall–Kier alpha value is -1.86. The van der Waals surface area contributed by atoms with Crippen LogP contribution in [0.1, 0.15) is 54.9 Å². The molecule has 2 heterocycles. The summed E-state index contributed by atoms with van der Waals surface area (Å²) < 4.78 is 0. The molecule has 0 bridgehead atoms. The SMILES string of the molecule is CCCC1CCCCN1C(=O)c1ccncc1C#CCO. The number of hydrogen-bond donors (Lipinski definition) is 1. The first-order chi connectivity index (χ1) is 10.3. The van der Waals surface area contributed by atoms with Gasteiger partial charge in [0.15, 0.2) is 0 Å². The van der Waals surface area contributed by atoms with Gasteiger partial charge in [0.25, 0.3) is 5.91 Å².